The molecule has 1 unspecified atom stereocenters. The second-order valence-corrected chi connectivity index (χ2v) is 3.74. The minimum absolute atomic E-state index is 0.167. The highest BCUT2D eigenvalue weighted by Crippen LogP contribution is 2.09. The van der Waals surface area contributed by atoms with E-state index >= 15 is 0 Å². The van der Waals surface area contributed by atoms with E-state index in [-0.39, 0.29) is 5.38 Å². The first-order chi connectivity index (χ1) is 5.04. The summed E-state index contributed by atoms with van der Waals surface area (Å²) < 4.78 is 0. The lowest BCUT2D eigenvalue weighted by atomic mass is 10.1. The molecule has 0 aliphatic rings. The molecule has 64 valence electrons. The fraction of sp³-hybridized carbons (Fsp3) is 0.600. The molecule has 0 aromatic heterocycles. The van der Waals surface area contributed by atoms with Gasteiger partial charge in [0.2, 0.25) is 0 Å². The van der Waals surface area contributed by atoms with Crippen molar-refractivity contribution in [3.63, 3.8) is 0 Å². The normalized spacial score (nSPS) is 14.5. The van der Waals surface area contributed by atoms with Crippen LogP contribution < -0.4 is 0 Å². The zero-order valence-corrected chi connectivity index (χ0v) is 8.57. The summed E-state index contributed by atoms with van der Waals surface area (Å²) in [6, 6.07) is 0. The van der Waals surface area contributed by atoms with Gasteiger partial charge in [-0.15, -0.1) is 11.6 Å². The van der Waals surface area contributed by atoms with Crippen LogP contribution in [0.5, 0.6) is 0 Å². The van der Waals surface area contributed by atoms with Crippen LogP contribution in [0, 0.1) is 0 Å². The van der Waals surface area contributed by atoms with Gasteiger partial charge in [0.1, 0.15) is 0 Å². The Labute approximate surface area is 74.9 Å². The maximum absolute atomic E-state index is 5.85. The summed E-state index contributed by atoms with van der Waals surface area (Å²) in [6.45, 7) is 8.27. The second-order valence-electron chi connectivity index (χ2n) is 3.08. The lowest BCUT2D eigenvalue weighted by molar-refractivity contribution is 1.08. The highest BCUT2D eigenvalue weighted by molar-refractivity contribution is 6.22. The van der Waals surface area contributed by atoms with Gasteiger partial charge < -0.3 is 0 Å². The Bertz CT molecular complexity index is 160. The van der Waals surface area contributed by atoms with Crippen LogP contribution in [-0.2, 0) is 0 Å². The van der Waals surface area contributed by atoms with Crippen molar-refractivity contribution in [2.75, 3.05) is 0 Å². The predicted octanol–water partition coefficient (Wildman–Crippen LogP) is 3.92. The molecule has 1 heteroatoms. The van der Waals surface area contributed by atoms with Gasteiger partial charge in [0.05, 0.1) is 5.38 Å². The molecule has 0 saturated heterocycles. The number of rotatable bonds is 3. The maximum atomic E-state index is 5.85. The van der Waals surface area contributed by atoms with Gasteiger partial charge >= 0.3 is 0 Å². The van der Waals surface area contributed by atoms with Gasteiger partial charge in [-0.05, 0) is 34.1 Å². The third-order valence-electron chi connectivity index (χ3n) is 1.59. The Kier molecular flexibility index (Phi) is 5.31. The van der Waals surface area contributed by atoms with Gasteiger partial charge in [-0.3, -0.25) is 0 Å². The largest absolute Gasteiger partial charge is 0.119 e. The van der Waals surface area contributed by atoms with Gasteiger partial charge in [0, 0.05) is 0 Å². The van der Waals surface area contributed by atoms with E-state index in [1.807, 2.05) is 6.92 Å². The van der Waals surface area contributed by atoms with Crippen molar-refractivity contribution in [3.8, 4) is 0 Å². The van der Waals surface area contributed by atoms with Crippen molar-refractivity contribution in [2.24, 2.45) is 0 Å². The van der Waals surface area contributed by atoms with Crippen LogP contribution in [0.3, 0.4) is 0 Å². The molecule has 0 aromatic rings. The van der Waals surface area contributed by atoms with Crippen molar-refractivity contribution in [1.29, 1.82) is 0 Å². The number of allylic oxidation sites excluding steroid dienone is 4. The zero-order valence-electron chi connectivity index (χ0n) is 7.82. The minimum atomic E-state index is 0.167. The summed E-state index contributed by atoms with van der Waals surface area (Å²) >= 11 is 5.85. The molecule has 0 bridgehead atoms. The highest BCUT2D eigenvalue weighted by Gasteiger charge is 1.95. The van der Waals surface area contributed by atoms with E-state index in [9.17, 15) is 0 Å². The molecule has 0 heterocycles. The van der Waals surface area contributed by atoms with Gasteiger partial charge in [0.25, 0.3) is 0 Å². The van der Waals surface area contributed by atoms with Crippen molar-refractivity contribution in [3.05, 3.63) is 23.3 Å². The molecular weight excluding hydrogens is 156 g/mol. The summed E-state index contributed by atoms with van der Waals surface area (Å²) in [4.78, 5) is 0. The van der Waals surface area contributed by atoms with Crippen LogP contribution >= 0.6 is 11.6 Å². The third kappa shape index (κ3) is 6.18. The van der Waals surface area contributed by atoms with Crippen LogP contribution in [0.4, 0.5) is 0 Å². The average molecular weight is 173 g/mol. The number of alkyl halides is 1. The predicted molar refractivity (Wildman–Crippen MR) is 53.1 cm³/mol. The Morgan fingerprint density at radius 1 is 1.27 bits per heavy atom. The number of halogens is 1. The van der Waals surface area contributed by atoms with E-state index in [1.165, 1.54) is 11.1 Å². The van der Waals surface area contributed by atoms with Crippen molar-refractivity contribution < 1.29 is 0 Å². The van der Waals surface area contributed by atoms with Gasteiger partial charge in [0.15, 0.2) is 0 Å². The van der Waals surface area contributed by atoms with Crippen LogP contribution in [0.1, 0.15) is 34.1 Å². The average Bonchev–Trinajstić information content (AvgIpc) is 1.86. The third-order valence-corrected chi connectivity index (χ3v) is 1.94. The summed E-state index contributed by atoms with van der Waals surface area (Å²) in [5, 5.41) is 0.167. The van der Waals surface area contributed by atoms with Crippen LogP contribution in [0.15, 0.2) is 23.3 Å². The number of hydrogen-bond donors (Lipinski definition) is 0. The summed E-state index contributed by atoms with van der Waals surface area (Å²) in [6.07, 6.45) is 5.37. The molecule has 0 spiro atoms. The molecule has 0 amide bonds. The van der Waals surface area contributed by atoms with E-state index in [4.69, 9.17) is 11.6 Å². The topological polar surface area (TPSA) is 0 Å². The molecule has 0 aromatic carbocycles. The second kappa shape index (κ2) is 5.42. The number of hydrogen-bond acceptors (Lipinski definition) is 0. The Morgan fingerprint density at radius 2 is 1.82 bits per heavy atom. The molecule has 11 heavy (non-hydrogen) atoms. The Balaban J connectivity index is 3.84. The van der Waals surface area contributed by atoms with Gasteiger partial charge in [-0.2, -0.15) is 0 Å². The van der Waals surface area contributed by atoms with E-state index in [2.05, 4.69) is 32.9 Å². The molecule has 0 radical (unpaired) electrons. The maximum Gasteiger partial charge on any atom is 0.0514 e. The lowest BCUT2D eigenvalue weighted by Gasteiger charge is -2.00. The SMILES string of the molecule is CC(C)=CCC=C(C)C(C)Cl. The van der Waals surface area contributed by atoms with Crippen molar-refractivity contribution >= 4 is 11.6 Å². The molecule has 0 rings (SSSR count). The quantitative estimate of drug-likeness (QED) is 0.447. The van der Waals surface area contributed by atoms with E-state index in [0.717, 1.165) is 6.42 Å². The fourth-order valence-electron chi connectivity index (χ4n) is 0.643. The molecule has 0 aliphatic carbocycles. The summed E-state index contributed by atoms with van der Waals surface area (Å²) in [5.74, 6) is 0. The first-order valence-electron chi connectivity index (χ1n) is 3.98. The van der Waals surface area contributed by atoms with Crippen LogP contribution in [0.2, 0.25) is 0 Å². The Hall–Kier alpha value is -0.230. The molecular formula is C10H17Cl. The molecule has 1 atom stereocenters. The van der Waals surface area contributed by atoms with Gasteiger partial charge in [-0.1, -0.05) is 23.3 Å². The molecule has 0 N–H and O–H groups in total. The summed E-state index contributed by atoms with van der Waals surface area (Å²) in [5.41, 5.74) is 2.61. The van der Waals surface area contributed by atoms with E-state index in [0.29, 0.717) is 0 Å². The minimum Gasteiger partial charge on any atom is -0.119 e. The smallest absolute Gasteiger partial charge is 0.0514 e. The molecule has 0 saturated carbocycles. The monoisotopic (exact) mass is 172 g/mol. The zero-order chi connectivity index (χ0) is 8.85. The van der Waals surface area contributed by atoms with E-state index in [1.54, 1.807) is 0 Å². The van der Waals surface area contributed by atoms with Crippen molar-refractivity contribution in [2.45, 2.75) is 39.5 Å². The molecule has 0 aliphatic heterocycles. The first-order valence-corrected chi connectivity index (χ1v) is 4.41. The van der Waals surface area contributed by atoms with E-state index < -0.39 is 0 Å². The standard InChI is InChI=1S/C10H17Cl/c1-8(2)6-5-7-9(3)10(4)11/h6-7,10H,5H2,1-4H3. The first kappa shape index (κ1) is 10.8. The molecule has 0 fully saturated rings. The van der Waals surface area contributed by atoms with Gasteiger partial charge in [-0.25, -0.2) is 0 Å². The highest BCUT2D eigenvalue weighted by atomic mass is 35.5. The van der Waals surface area contributed by atoms with Crippen LogP contribution in [-0.4, -0.2) is 5.38 Å². The fourth-order valence-corrected chi connectivity index (χ4v) is 0.732. The van der Waals surface area contributed by atoms with Crippen molar-refractivity contribution in [1.82, 2.24) is 0 Å². The Morgan fingerprint density at radius 3 is 2.18 bits per heavy atom. The summed E-state index contributed by atoms with van der Waals surface area (Å²) in [7, 11) is 0. The lowest BCUT2D eigenvalue weighted by Crippen LogP contribution is -1.91. The van der Waals surface area contributed by atoms with Crippen LogP contribution in [0.25, 0.3) is 0 Å². The molecule has 0 nitrogen and oxygen atoms in total.